The maximum atomic E-state index is 13.6. The van der Waals surface area contributed by atoms with E-state index in [1.165, 1.54) is 0 Å². The molecule has 0 aliphatic rings. The Bertz CT molecular complexity index is 478. The Kier molecular flexibility index (Phi) is 5.65. The van der Waals surface area contributed by atoms with Crippen molar-refractivity contribution in [1.82, 2.24) is 0 Å². The summed E-state index contributed by atoms with van der Waals surface area (Å²) in [5.74, 6) is -12.3. The molecule has 0 atom stereocenters. The molecule has 0 bridgehead atoms. The summed E-state index contributed by atoms with van der Waals surface area (Å²) in [5.41, 5.74) is -1.33. The summed E-state index contributed by atoms with van der Waals surface area (Å²) in [7, 11) is 0. The lowest BCUT2D eigenvalue weighted by molar-refractivity contribution is 0.0892. The molecular weight excluding hydrogens is 279 g/mol. The van der Waals surface area contributed by atoms with Crippen molar-refractivity contribution in [3.63, 3.8) is 0 Å². The molecule has 6 heteroatoms. The van der Waals surface area contributed by atoms with E-state index in [4.69, 9.17) is 0 Å². The lowest BCUT2D eigenvalue weighted by Crippen LogP contribution is -2.20. The van der Waals surface area contributed by atoms with E-state index in [0.717, 1.165) is 0 Å². The number of hydrogen-bond donors (Lipinski definition) is 0. The van der Waals surface area contributed by atoms with E-state index in [9.17, 15) is 26.7 Å². The van der Waals surface area contributed by atoms with E-state index in [-0.39, 0.29) is 0 Å². The van der Waals surface area contributed by atoms with Crippen molar-refractivity contribution in [2.45, 2.75) is 39.5 Å². The normalized spacial score (nSPS) is 11.2. The van der Waals surface area contributed by atoms with Gasteiger partial charge >= 0.3 is 0 Å². The summed E-state index contributed by atoms with van der Waals surface area (Å²) in [6, 6.07) is 0. The first kappa shape index (κ1) is 16.6. The molecular formula is C14H15F5O. The molecule has 0 fully saturated rings. The minimum Gasteiger partial charge on any atom is -0.294 e. The predicted molar refractivity (Wildman–Crippen MR) is 63.9 cm³/mol. The molecule has 1 aromatic rings. The Labute approximate surface area is 113 Å². The van der Waals surface area contributed by atoms with E-state index in [0.29, 0.717) is 25.7 Å². The summed E-state index contributed by atoms with van der Waals surface area (Å²) >= 11 is 0. The summed E-state index contributed by atoms with van der Waals surface area (Å²) in [5, 5.41) is 0. The van der Waals surface area contributed by atoms with Crippen LogP contribution >= 0.6 is 0 Å². The van der Waals surface area contributed by atoms with E-state index in [1.54, 1.807) is 13.8 Å². The molecule has 0 radical (unpaired) electrons. The molecule has 1 aromatic carbocycles. The molecule has 0 saturated carbocycles. The first-order chi connectivity index (χ1) is 9.36. The van der Waals surface area contributed by atoms with Crippen LogP contribution in [0.4, 0.5) is 22.0 Å². The summed E-state index contributed by atoms with van der Waals surface area (Å²) in [4.78, 5) is 12.0. The van der Waals surface area contributed by atoms with E-state index >= 15 is 0 Å². The van der Waals surface area contributed by atoms with Gasteiger partial charge in [-0.25, -0.2) is 22.0 Å². The molecule has 0 aliphatic carbocycles. The minimum absolute atomic E-state index is 0.339. The second kappa shape index (κ2) is 6.81. The standard InChI is InChI=1S/C14H15F5O/c1-3-5-7(6-4-2)14(20)8-9(15)11(17)13(19)12(18)10(8)16/h7H,3-6H2,1-2H3. The second-order valence-electron chi connectivity index (χ2n) is 4.58. The van der Waals surface area contributed by atoms with Crippen molar-refractivity contribution < 1.29 is 26.7 Å². The lowest BCUT2D eigenvalue weighted by Gasteiger charge is -2.15. The Morgan fingerprint density at radius 3 is 1.50 bits per heavy atom. The fourth-order valence-electron chi connectivity index (χ4n) is 2.13. The van der Waals surface area contributed by atoms with Crippen LogP contribution in [0.15, 0.2) is 0 Å². The Morgan fingerprint density at radius 1 is 0.800 bits per heavy atom. The van der Waals surface area contributed by atoms with Gasteiger partial charge in [0, 0.05) is 5.92 Å². The van der Waals surface area contributed by atoms with Gasteiger partial charge in [-0.3, -0.25) is 4.79 Å². The Morgan fingerprint density at radius 2 is 1.15 bits per heavy atom. The molecule has 0 aliphatic heterocycles. The van der Waals surface area contributed by atoms with Gasteiger partial charge in [-0.05, 0) is 12.8 Å². The monoisotopic (exact) mass is 294 g/mol. The van der Waals surface area contributed by atoms with Gasteiger partial charge in [-0.2, -0.15) is 0 Å². The molecule has 112 valence electrons. The first-order valence-corrected chi connectivity index (χ1v) is 6.42. The van der Waals surface area contributed by atoms with Crippen LogP contribution in [0, 0.1) is 35.0 Å². The van der Waals surface area contributed by atoms with Gasteiger partial charge in [-0.1, -0.05) is 26.7 Å². The van der Waals surface area contributed by atoms with Gasteiger partial charge in [0.15, 0.2) is 29.1 Å². The van der Waals surface area contributed by atoms with Crippen LogP contribution in [0.25, 0.3) is 0 Å². The van der Waals surface area contributed by atoms with Crippen molar-refractivity contribution in [3.8, 4) is 0 Å². The van der Waals surface area contributed by atoms with Crippen LogP contribution < -0.4 is 0 Å². The number of rotatable bonds is 6. The maximum Gasteiger partial charge on any atom is 0.200 e. The average molecular weight is 294 g/mol. The van der Waals surface area contributed by atoms with Crippen LogP contribution in [-0.2, 0) is 0 Å². The average Bonchev–Trinajstić information content (AvgIpc) is 2.43. The fraction of sp³-hybridized carbons (Fsp3) is 0.500. The zero-order valence-electron chi connectivity index (χ0n) is 11.2. The molecule has 0 N–H and O–H groups in total. The number of benzene rings is 1. The number of halogens is 5. The van der Waals surface area contributed by atoms with Crippen LogP contribution in [0.5, 0.6) is 0 Å². The van der Waals surface area contributed by atoms with Crippen LogP contribution in [0.1, 0.15) is 49.9 Å². The topological polar surface area (TPSA) is 17.1 Å². The maximum absolute atomic E-state index is 13.6. The highest BCUT2D eigenvalue weighted by Crippen LogP contribution is 2.27. The SMILES string of the molecule is CCCC(CCC)C(=O)c1c(F)c(F)c(F)c(F)c1F. The largest absolute Gasteiger partial charge is 0.294 e. The molecule has 0 amide bonds. The third kappa shape index (κ3) is 2.99. The van der Waals surface area contributed by atoms with E-state index in [2.05, 4.69) is 0 Å². The lowest BCUT2D eigenvalue weighted by atomic mass is 9.89. The Balaban J connectivity index is 3.34. The highest BCUT2D eigenvalue weighted by atomic mass is 19.2. The molecule has 0 saturated heterocycles. The number of hydrogen-bond acceptors (Lipinski definition) is 1. The second-order valence-corrected chi connectivity index (χ2v) is 4.58. The third-order valence-electron chi connectivity index (χ3n) is 3.10. The molecule has 20 heavy (non-hydrogen) atoms. The van der Waals surface area contributed by atoms with E-state index in [1.807, 2.05) is 0 Å². The van der Waals surface area contributed by atoms with Crippen molar-refractivity contribution in [2.24, 2.45) is 5.92 Å². The van der Waals surface area contributed by atoms with Crippen LogP contribution in [-0.4, -0.2) is 5.78 Å². The van der Waals surface area contributed by atoms with Gasteiger partial charge in [-0.15, -0.1) is 0 Å². The van der Waals surface area contributed by atoms with Crippen molar-refractivity contribution >= 4 is 5.78 Å². The van der Waals surface area contributed by atoms with Gasteiger partial charge < -0.3 is 0 Å². The van der Waals surface area contributed by atoms with E-state index < -0.39 is 46.4 Å². The van der Waals surface area contributed by atoms with Gasteiger partial charge in [0.2, 0.25) is 5.82 Å². The van der Waals surface area contributed by atoms with Gasteiger partial charge in [0.25, 0.3) is 0 Å². The van der Waals surface area contributed by atoms with Gasteiger partial charge in [0.05, 0.1) is 5.56 Å². The minimum atomic E-state index is -2.25. The molecule has 1 rings (SSSR count). The molecule has 0 aromatic heterocycles. The van der Waals surface area contributed by atoms with Crippen molar-refractivity contribution in [3.05, 3.63) is 34.6 Å². The van der Waals surface area contributed by atoms with Crippen molar-refractivity contribution in [2.75, 3.05) is 0 Å². The number of Topliss-reactive ketones (excluding diaryl/α,β-unsaturated/α-hetero) is 1. The number of ketones is 1. The molecule has 1 nitrogen and oxygen atoms in total. The summed E-state index contributed by atoms with van der Waals surface area (Å²) in [6.45, 7) is 3.54. The van der Waals surface area contributed by atoms with Crippen LogP contribution in [0.3, 0.4) is 0 Å². The number of carbonyl (C=O) groups is 1. The summed E-state index contributed by atoms with van der Waals surface area (Å²) < 4.78 is 66.2. The molecule has 0 unspecified atom stereocenters. The molecule has 0 heterocycles. The number of carbonyl (C=O) groups excluding carboxylic acids is 1. The quantitative estimate of drug-likeness (QED) is 0.319. The first-order valence-electron chi connectivity index (χ1n) is 6.42. The van der Waals surface area contributed by atoms with Gasteiger partial charge in [0.1, 0.15) is 0 Å². The Hall–Kier alpha value is -1.46. The molecule has 0 spiro atoms. The zero-order chi connectivity index (χ0) is 15.4. The fourth-order valence-corrected chi connectivity index (χ4v) is 2.13. The van der Waals surface area contributed by atoms with Crippen molar-refractivity contribution in [1.29, 1.82) is 0 Å². The predicted octanol–water partition coefficient (Wildman–Crippen LogP) is 4.78. The smallest absolute Gasteiger partial charge is 0.200 e. The zero-order valence-corrected chi connectivity index (χ0v) is 11.2. The summed E-state index contributed by atoms with van der Waals surface area (Å²) in [6.07, 6.45) is 1.83. The highest BCUT2D eigenvalue weighted by molar-refractivity contribution is 5.98. The van der Waals surface area contributed by atoms with Crippen LogP contribution in [0.2, 0.25) is 0 Å². The highest BCUT2D eigenvalue weighted by Gasteiger charge is 2.32. The third-order valence-corrected chi connectivity index (χ3v) is 3.10.